The van der Waals surface area contributed by atoms with Gasteiger partial charge in [0.05, 0.1) is 16.8 Å². The first kappa shape index (κ1) is 14.6. The van der Waals surface area contributed by atoms with Gasteiger partial charge in [0.2, 0.25) is 0 Å². The first-order valence-electron chi connectivity index (χ1n) is 7.21. The van der Waals surface area contributed by atoms with Gasteiger partial charge in [-0.2, -0.15) is 5.10 Å². The molecule has 0 unspecified atom stereocenters. The molecular weight excluding hydrogens is 326 g/mol. The Morgan fingerprint density at radius 1 is 1.08 bits per heavy atom. The number of rotatable bonds is 3. The fourth-order valence-electron chi connectivity index (χ4n) is 2.56. The maximum atomic E-state index is 12.9. The average molecular weight is 339 g/mol. The number of benzene rings is 1. The highest BCUT2D eigenvalue weighted by atomic mass is 32.2. The summed E-state index contributed by atoms with van der Waals surface area (Å²) in [6.07, 6.45) is 6.19. The van der Waals surface area contributed by atoms with Crippen molar-refractivity contribution in [3.63, 3.8) is 0 Å². The van der Waals surface area contributed by atoms with Gasteiger partial charge in [0, 0.05) is 23.3 Å². The second-order valence-electron chi connectivity index (χ2n) is 5.38. The molecular formula is C16H13N5O2S. The highest BCUT2D eigenvalue weighted by Crippen LogP contribution is 2.27. The first-order chi connectivity index (χ1) is 11.6. The summed E-state index contributed by atoms with van der Waals surface area (Å²) in [4.78, 5) is 8.63. The van der Waals surface area contributed by atoms with Crippen LogP contribution in [0.1, 0.15) is 5.56 Å². The number of H-pyrrole nitrogens is 1. The topological polar surface area (TPSA) is 93.5 Å². The Hall–Kier alpha value is -3.00. The lowest BCUT2D eigenvalue weighted by Gasteiger charge is -2.07. The van der Waals surface area contributed by atoms with Crippen molar-refractivity contribution >= 4 is 21.1 Å². The molecule has 7 nitrogen and oxygen atoms in total. The number of hydrogen-bond acceptors (Lipinski definition) is 5. The molecule has 24 heavy (non-hydrogen) atoms. The molecule has 0 aliphatic heterocycles. The summed E-state index contributed by atoms with van der Waals surface area (Å²) >= 11 is 0. The number of hydrogen-bond donors (Lipinski definition) is 1. The van der Waals surface area contributed by atoms with Gasteiger partial charge in [-0.25, -0.2) is 22.4 Å². The van der Waals surface area contributed by atoms with Gasteiger partial charge in [-0.3, -0.25) is 5.10 Å². The highest BCUT2D eigenvalue weighted by molar-refractivity contribution is 7.90. The lowest BCUT2D eigenvalue weighted by Crippen LogP contribution is -2.12. The van der Waals surface area contributed by atoms with Gasteiger partial charge in [0.15, 0.2) is 5.65 Å². The number of nitrogens with zero attached hydrogens (tertiary/aromatic N) is 4. The van der Waals surface area contributed by atoms with Gasteiger partial charge in [0.25, 0.3) is 10.0 Å². The van der Waals surface area contributed by atoms with Crippen molar-refractivity contribution in [2.75, 3.05) is 0 Å². The fraction of sp³-hybridized carbons (Fsp3) is 0.0625. The first-order valence-corrected chi connectivity index (χ1v) is 8.65. The number of aromatic nitrogens is 5. The van der Waals surface area contributed by atoms with Crippen LogP contribution in [0.15, 0.2) is 60.1 Å². The maximum absolute atomic E-state index is 12.9. The van der Waals surface area contributed by atoms with Crippen LogP contribution in [0.3, 0.4) is 0 Å². The van der Waals surface area contributed by atoms with Crippen molar-refractivity contribution in [3.8, 4) is 11.3 Å². The summed E-state index contributed by atoms with van der Waals surface area (Å²) in [5, 5.41) is 7.28. The van der Waals surface area contributed by atoms with E-state index in [0.29, 0.717) is 16.7 Å². The zero-order chi connectivity index (χ0) is 16.7. The van der Waals surface area contributed by atoms with Crippen LogP contribution in [0.5, 0.6) is 0 Å². The summed E-state index contributed by atoms with van der Waals surface area (Å²) in [5.41, 5.74) is 2.73. The van der Waals surface area contributed by atoms with Crippen LogP contribution >= 0.6 is 0 Å². The summed E-state index contributed by atoms with van der Waals surface area (Å²) in [6, 6.07) is 8.42. The van der Waals surface area contributed by atoms with Crippen molar-refractivity contribution in [3.05, 3.63) is 60.8 Å². The van der Waals surface area contributed by atoms with E-state index in [2.05, 4.69) is 20.2 Å². The quantitative estimate of drug-likeness (QED) is 0.618. The summed E-state index contributed by atoms with van der Waals surface area (Å²) in [7, 11) is -3.72. The predicted octanol–water partition coefficient (Wildman–Crippen LogP) is 2.37. The number of fused-ring (bicyclic) bond motifs is 1. The van der Waals surface area contributed by atoms with E-state index in [1.165, 1.54) is 16.5 Å². The zero-order valence-electron chi connectivity index (χ0n) is 12.7. The molecule has 4 aromatic rings. The number of aryl methyl sites for hydroxylation is 1. The smallest absolute Gasteiger partial charge is 0.269 e. The molecule has 4 rings (SSSR count). The monoisotopic (exact) mass is 339 g/mol. The molecule has 0 amide bonds. The summed E-state index contributed by atoms with van der Waals surface area (Å²) < 4.78 is 27.0. The van der Waals surface area contributed by atoms with E-state index in [4.69, 9.17) is 0 Å². The predicted molar refractivity (Wildman–Crippen MR) is 88.9 cm³/mol. The van der Waals surface area contributed by atoms with E-state index in [0.717, 1.165) is 11.1 Å². The zero-order valence-corrected chi connectivity index (χ0v) is 13.5. The molecule has 0 saturated heterocycles. The van der Waals surface area contributed by atoms with Crippen LogP contribution in [-0.4, -0.2) is 32.6 Å². The minimum Gasteiger partial charge on any atom is -0.285 e. The Morgan fingerprint density at radius 3 is 2.58 bits per heavy atom. The van der Waals surface area contributed by atoms with Gasteiger partial charge in [-0.15, -0.1) is 0 Å². The third-order valence-corrected chi connectivity index (χ3v) is 5.48. The van der Waals surface area contributed by atoms with Crippen molar-refractivity contribution in [2.45, 2.75) is 11.8 Å². The molecule has 8 heteroatoms. The number of nitrogens with one attached hydrogen (secondary N) is 1. The van der Waals surface area contributed by atoms with Gasteiger partial charge in [-0.05, 0) is 25.1 Å². The molecule has 0 atom stereocenters. The number of aromatic amines is 1. The van der Waals surface area contributed by atoms with Crippen molar-refractivity contribution in [1.82, 2.24) is 24.1 Å². The molecule has 0 fully saturated rings. The van der Waals surface area contributed by atoms with Crippen LogP contribution < -0.4 is 0 Å². The van der Waals surface area contributed by atoms with Crippen LogP contribution in [0.4, 0.5) is 0 Å². The molecule has 0 spiro atoms. The Bertz CT molecular complexity index is 1110. The van der Waals surface area contributed by atoms with Crippen LogP contribution in [0.25, 0.3) is 22.3 Å². The largest absolute Gasteiger partial charge is 0.285 e. The molecule has 3 heterocycles. The van der Waals surface area contributed by atoms with Crippen LogP contribution in [-0.2, 0) is 10.0 Å². The van der Waals surface area contributed by atoms with Gasteiger partial charge >= 0.3 is 0 Å². The third kappa shape index (κ3) is 2.19. The molecule has 0 radical (unpaired) electrons. The highest BCUT2D eigenvalue weighted by Gasteiger charge is 2.21. The van der Waals surface area contributed by atoms with E-state index in [9.17, 15) is 8.42 Å². The lowest BCUT2D eigenvalue weighted by molar-refractivity contribution is 0.588. The van der Waals surface area contributed by atoms with Crippen molar-refractivity contribution < 1.29 is 8.42 Å². The molecule has 0 bridgehead atoms. The minimum absolute atomic E-state index is 0.217. The SMILES string of the molecule is Cc1ccc(S(=O)(=O)n2ccc3c(-c4cn[nH]c4)ncnc32)cc1. The molecule has 0 saturated carbocycles. The minimum atomic E-state index is -3.72. The standard InChI is InChI=1S/C16H13N5O2S/c1-11-2-4-13(5-3-11)24(22,23)21-7-6-14-15(12-8-19-20-9-12)17-10-18-16(14)21/h2-10H,1H3,(H,19,20). The second kappa shape index (κ2) is 5.27. The lowest BCUT2D eigenvalue weighted by atomic mass is 10.2. The van der Waals surface area contributed by atoms with E-state index < -0.39 is 10.0 Å². The normalized spacial score (nSPS) is 11.9. The summed E-state index contributed by atoms with van der Waals surface area (Å²) in [5.74, 6) is 0. The maximum Gasteiger partial charge on any atom is 0.269 e. The molecule has 1 aromatic carbocycles. The van der Waals surface area contributed by atoms with Gasteiger partial charge < -0.3 is 0 Å². The molecule has 0 aliphatic rings. The Kier molecular flexibility index (Phi) is 3.20. The van der Waals surface area contributed by atoms with E-state index in [1.54, 1.807) is 42.7 Å². The molecule has 1 N–H and O–H groups in total. The molecule has 0 aliphatic carbocycles. The van der Waals surface area contributed by atoms with Crippen molar-refractivity contribution in [1.29, 1.82) is 0 Å². The average Bonchev–Trinajstić information content (AvgIpc) is 3.25. The van der Waals surface area contributed by atoms with Crippen molar-refractivity contribution in [2.24, 2.45) is 0 Å². The van der Waals surface area contributed by atoms with E-state index >= 15 is 0 Å². The van der Waals surface area contributed by atoms with Gasteiger partial charge in [0.1, 0.15) is 6.33 Å². The Morgan fingerprint density at radius 2 is 1.88 bits per heavy atom. The summed E-state index contributed by atoms with van der Waals surface area (Å²) in [6.45, 7) is 1.91. The van der Waals surface area contributed by atoms with Gasteiger partial charge in [-0.1, -0.05) is 17.7 Å². The Labute approximate surface area is 138 Å². The van der Waals surface area contributed by atoms with E-state index in [1.807, 2.05) is 6.92 Å². The molecule has 120 valence electrons. The third-order valence-electron chi connectivity index (χ3n) is 3.80. The van der Waals surface area contributed by atoms with E-state index in [-0.39, 0.29) is 4.90 Å². The van der Waals surface area contributed by atoms with Crippen LogP contribution in [0, 0.1) is 6.92 Å². The Balaban J connectivity index is 1.92. The fourth-order valence-corrected chi connectivity index (χ4v) is 3.86. The van der Waals surface area contributed by atoms with Crippen LogP contribution in [0.2, 0.25) is 0 Å². The molecule has 3 aromatic heterocycles. The second-order valence-corrected chi connectivity index (χ2v) is 7.19.